The topological polar surface area (TPSA) is 184 Å². The number of unbranched alkanes of at least 4 members (excludes halogenated alkanes) is 1. The van der Waals surface area contributed by atoms with Gasteiger partial charge in [-0.3, -0.25) is 19.2 Å². The summed E-state index contributed by atoms with van der Waals surface area (Å²) < 4.78 is 26.6. The first kappa shape index (κ1) is 42.3. The minimum atomic E-state index is -1.21. The van der Waals surface area contributed by atoms with Crippen LogP contribution in [-0.4, -0.2) is 129 Å². The molecular formula is C40H61N7O8. The number of aliphatic hydroxyl groups excluding tert-OH is 1. The van der Waals surface area contributed by atoms with Crippen LogP contribution in [0.2, 0.25) is 0 Å². The predicted molar refractivity (Wildman–Crippen MR) is 207 cm³/mol. The van der Waals surface area contributed by atoms with Crippen LogP contribution in [0.4, 0.5) is 10.5 Å². The molecule has 2 aromatic rings. The second-order valence-corrected chi connectivity index (χ2v) is 15.9. The summed E-state index contributed by atoms with van der Waals surface area (Å²) in [5.74, 6) is -2.96. The number of amides is 1. The summed E-state index contributed by atoms with van der Waals surface area (Å²) in [6.07, 6.45) is 1.98. The van der Waals surface area contributed by atoms with Crippen molar-refractivity contribution >= 4 is 23.5 Å². The van der Waals surface area contributed by atoms with E-state index >= 15 is 0 Å². The number of benzene rings is 1. The molecule has 5 rings (SSSR count). The van der Waals surface area contributed by atoms with E-state index in [9.17, 15) is 19.5 Å². The Kier molecular flexibility index (Phi) is 13.8. The molecule has 2 fully saturated rings. The van der Waals surface area contributed by atoms with E-state index in [2.05, 4.69) is 15.6 Å². The third-order valence-electron chi connectivity index (χ3n) is 11.5. The maximum absolute atomic E-state index is 14.0. The molecule has 1 aromatic carbocycles. The minimum absolute atomic E-state index is 0.180. The lowest BCUT2D eigenvalue weighted by Crippen LogP contribution is -2.60. The molecule has 2 unspecified atom stereocenters. The maximum atomic E-state index is 14.0. The normalized spacial score (nSPS) is 34.8. The molecule has 0 bridgehead atoms. The van der Waals surface area contributed by atoms with Gasteiger partial charge in [0, 0.05) is 48.9 Å². The number of nitrogens with one attached hydrogen (secondary N) is 1. The third-order valence-corrected chi connectivity index (χ3v) is 11.5. The Bertz CT molecular complexity index is 1680. The summed E-state index contributed by atoms with van der Waals surface area (Å²) in [5.41, 5.74) is 7.75. The van der Waals surface area contributed by atoms with E-state index < -0.39 is 60.1 Å². The van der Waals surface area contributed by atoms with Crippen molar-refractivity contribution in [2.24, 2.45) is 11.8 Å². The molecule has 15 heteroatoms. The van der Waals surface area contributed by atoms with Crippen LogP contribution in [0, 0.1) is 11.8 Å². The largest absolute Gasteiger partial charge is 0.458 e. The van der Waals surface area contributed by atoms with E-state index in [1.165, 1.54) is 6.92 Å². The van der Waals surface area contributed by atoms with Crippen LogP contribution in [-0.2, 0) is 35.1 Å². The van der Waals surface area contributed by atoms with Gasteiger partial charge in [-0.25, -0.2) is 4.79 Å². The fraction of sp³-hybridized carbons (Fsp3) is 0.675. The zero-order valence-corrected chi connectivity index (χ0v) is 33.8. The van der Waals surface area contributed by atoms with Crippen molar-refractivity contribution in [1.82, 2.24) is 30.1 Å². The van der Waals surface area contributed by atoms with E-state index in [-0.39, 0.29) is 24.0 Å². The van der Waals surface area contributed by atoms with Gasteiger partial charge in [-0.1, -0.05) is 37.3 Å². The minimum Gasteiger partial charge on any atom is -0.458 e. The van der Waals surface area contributed by atoms with Crippen molar-refractivity contribution in [3.05, 3.63) is 42.1 Å². The first-order chi connectivity index (χ1) is 26.0. The number of rotatable bonds is 10. The molecular weight excluding hydrogens is 706 g/mol. The molecule has 304 valence electrons. The van der Waals surface area contributed by atoms with Gasteiger partial charge in [0.2, 0.25) is 0 Å². The van der Waals surface area contributed by atoms with Crippen molar-refractivity contribution in [3.8, 4) is 11.3 Å². The number of esters is 1. The van der Waals surface area contributed by atoms with E-state index in [4.69, 9.17) is 24.7 Å². The van der Waals surface area contributed by atoms with E-state index in [1.807, 2.05) is 90.2 Å². The second-order valence-electron chi connectivity index (χ2n) is 15.9. The van der Waals surface area contributed by atoms with Crippen LogP contribution >= 0.6 is 0 Å². The number of carbonyl (C=O) groups is 3. The average molecular weight is 768 g/mol. The Morgan fingerprint density at radius 1 is 1.13 bits per heavy atom. The molecule has 0 saturated carbocycles. The summed E-state index contributed by atoms with van der Waals surface area (Å²) in [6.45, 7) is 14.1. The number of nitrogens with two attached hydrogens (primary N) is 1. The lowest BCUT2D eigenvalue weighted by molar-refractivity contribution is -0.267. The number of Topliss-reactive ketones (excluding diaryl/α,β-unsaturated/α-hetero) is 1. The number of fused-ring (bicyclic) bond motifs is 1. The van der Waals surface area contributed by atoms with Crippen LogP contribution in [0.15, 0.2) is 42.1 Å². The van der Waals surface area contributed by atoms with Crippen LogP contribution < -0.4 is 11.1 Å². The SMILES string of the molecule is CC[C@H]1OC(=O)[C@H](C)C(=O)[C@H](C)[C@@H](O[C@@H]2O[C@H](C)CC(N(C)C)C2O)/C(C)=C/CN[C@H](C)[C@H]2N(CCCCn3cc(-c4cccc(N)c4)nn3)C(=O)O[C@]12C. The number of hydrogen-bond acceptors (Lipinski definition) is 13. The summed E-state index contributed by atoms with van der Waals surface area (Å²) in [5, 5.41) is 23.4. The summed E-state index contributed by atoms with van der Waals surface area (Å²) in [4.78, 5) is 45.1. The van der Waals surface area contributed by atoms with Gasteiger partial charge in [0.1, 0.15) is 23.8 Å². The van der Waals surface area contributed by atoms with E-state index in [1.54, 1.807) is 16.5 Å². The number of nitrogens with zero attached hydrogens (tertiary/aromatic N) is 5. The van der Waals surface area contributed by atoms with Gasteiger partial charge in [0.15, 0.2) is 17.7 Å². The predicted octanol–water partition coefficient (Wildman–Crippen LogP) is 3.80. The highest BCUT2D eigenvalue weighted by molar-refractivity contribution is 6.00. The highest BCUT2D eigenvalue weighted by Gasteiger charge is 2.58. The van der Waals surface area contributed by atoms with Gasteiger partial charge < -0.3 is 40.0 Å². The molecule has 55 heavy (non-hydrogen) atoms. The fourth-order valence-corrected chi connectivity index (χ4v) is 8.34. The fourth-order valence-electron chi connectivity index (χ4n) is 8.34. The van der Waals surface area contributed by atoms with Crippen LogP contribution in [0.25, 0.3) is 11.3 Å². The van der Waals surface area contributed by atoms with Crippen LogP contribution in [0.1, 0.15) is 74.1 Å². The van der Waals surface area contributed by atoms with Crippen molar-refractivity contribution in [2.45, 2.75) is 135 Å². The van der Waals surface area contributed by atoms with Crippen molar-refractivity contribution in [2.75, 3.05) is 32.9 Å². The van der Waals surface area contributed by atoms with Gasteiger partial charge in [0.25, 0.3) is 0 Å². The molecule has 0 radical (unpaired) electrons. The average Bonchev–Trinajstić information content (AvgIpc) is 3.72. The number of aliphatic hydroxyl groups is 1. The van der Waals surface area contributed by atoms with E-state index in [0.717, 1.165) is 23.3 Å². The molecule has 4 N–H and O–H groups in total. The Morgan fingerprint density at radius 2 is 1.85 bits per heavy atom. The smallest absolute Gasteiger partial charge is 0.410 e. The number of aryl methyl sites for hydroxylation is 1. The van der Waals surface area contributed by atoms with Gasteiger partial charge >= 0.3 is 12.1 Å². The molecule has 1 amide bonds. The Hall–Kier alpha value is -3.89. The summed E-state index contributed by atoms with van der Waals surface area (Å²) >= 11 is 0. The van der Waals surface area contributed by atoms with Crippen LogP contribution in [0.5, 0.6) is 0 Å². The number of carbonyl (C=O) groups excluding carboxylic acids is 3. The zero-order valence-electron chi connectivity index (χ0n) is 33.8. The number of ketones is 1. The van der Waals surface area contributed by atoms with Gasteiger partial charge in [0.05, 0.1) is 24.4 Å². The lowest BCUT2D eigenvalue weighted by atomic mass is 9.83. The molecule has 15 nitrogen and oxygen atoms in total. The van der Waals surface area contributed by atoms with Crippen molar-refractivity contribution in [3.63, 3.8) is 0 Å². The molecule has 3 aliphatic heterocycles. The molecule has 0 spiro atoms. The quantitative estimate of drug-likeness (QED) is 0.104. The second kappa shape index (κ2) is 17.9. The Labute approximate surface area is 324 Å². The van der Waals surface area contributed by atoms with E-state index in [0.29, 0.717) is 44.6 Å². The van der Waals surface area contributed by atoms with Gasteiger partial charge in [-0.2, -0.15) is 0 Å². The molecule has 0 aliphatic carbocycles. The molecule has 1 aromatic heterocycles. The Balaban J connectivity index is 1.35. The number of anilines is 1. The summed E-state index contributed by atoms with van der Waals surface area (Å²) in [7, 11) is 3.80. The first-order valence-electron chi connectivity index (χ1n) is 19.6. The Morgan fingerprint density at radius 3 is 2.55 bits per heavy atom. The number of cyclic esters (lactones) is 1. The number of hydrogen-bond donors (Lipinski definition) is 3. The van der Waals surface area contributed by atoms with Crippen molar-refractivity contribution in [1.29, 1.82) is 0 Å². The third kappa shape index (κ3) is 9.39. The number of likely N-dealkylation sites (N-methyl/N-ethyl adjacent to an activating group) is 1. The first-order valence-corrected chi connectivity index (χ1v) is 19.6. The number of ether oxygens (including phenoxy) is 4. The standard InChI is InChI=1S/C40H61N7O8/c1-10-32-40(7)36(47(39(51)55-40)19-12-11-18-46-22-30(43-44-46)28-14-13-15-29(41)21-28)27(6)42-17-16-23(2)35(25(4)33(48)26(5)37(50)53-32)54-38-34(49)31(45(8)9)20-24(3)52-38/h13-16,21-22,24-27,31-32,34-36,38,42,49H,10-12,17-20,41H2,1-9H3/b23-16+/t24-,25+,26-,27-,31?,32-,34?,35+,36-,38+,40-/m1/s1. The molecule has 11 atom stereocenters. The molecule has 2 saturated heterocycles. The monoisotopic (exact) mass is 767 g/mol. The van der Waals surface area contributed by atoms with Crippen LogP contribution in [0.3, 0.4) is 0 Å². The van der Waals surface area contributed by atoms with Crippen molar-refractivity contribution < 1.29 is 38.4 Å². The molecule has 4 heterocycles. The summed E-state index contributed by atoms with van der Waals surface area (Å²) in [6, 6.07) is 6.48. The van der Waals surface area contributed by atoms with Gasteiger partial charge in [-0.05, 0) is 92.1 Å². The maximum Gasteiger partial charge on any atom is 0.410 e. The number of nitrogen functional groups attached to an aromatic ring is 1. The highest BCUT2D eigenvalue weighted by atomic mass is 16.7. The molecule has 3 aliphatic rings. The zero-order chi connectivity index (χ0) is 40.2. The highest BCUT2D eigenvalue weighted by Crippen LogP contribution is 2.39. The van der Waals surface area contributed by atoms with Gasteiger partial charge in [-0.15, -0.1) is 5.10 Å². The number of aromatic nitrogens is 3. The lowest BCUT2D eigenvalue weighted by Gasteiger charge is -2.43.